The van der Waals surface area contributed by atoms with Crippen molar-refractivity contribution < 1.29 is 9.53 Å². The van der Waals surface area contributed by atoms with E-state index in [0.29, 0.717) is 11.8 Å². The topological polar surface area (TPSA) is 56.5 Å². The lowest BCUT2D eigenvalue weighted by Gasteiger charge is -2.03. The summed E-state index contributed by atoms with van der Waals surface area (Å²) in [5, 5.41) is 4.66. The first-order valence-corrected chi connectivity index (χ1v) is 6.22. The van der Waals surface area contributed by atoms with Gasteiger partial charge in [-0.2, -0.15) is 10.1 Å². The smallest absolute Gasteiger partial charge is 0.434 e. The highest BCUT2D eigenvalue weighted by molar-refractivity contribution is 5.68. The van der Waals surface area contributed by atoms with E-state index in [2.05, 4.69) is 16.7 Å². The van der Waals surface area contributed by atoms with E-state index >= 15 is 0 Å². The third-order valence-corrected chi connectivity index (χ3v) is 2.49. The van der Waals surface area contributed by atoms with E-state index < -0.39 is 6.09 Å². The lowest BCUT2D eigenvalue weighted by atomic mass is 10.3. The Hall–Kier alpha value is -2.69. The minimum atomic E-state index is -0.619. The molecular formula is C15H15N3O2. The molecular weight excluding hydrogens is 254 g/mol. The van der Waals surface area contributed by atoms with Gasteiger partial charge in [0.15, 0.2) is 0 Å². The number of hydrogen-bond donors (Lipinski definition) is 0. The molecule has 0 saturated carbocycles. The Morgan fingerprint density at radius 2 is 2.15 bits per heavy atom. The third-order valence-electron chi connectivity index (χ3n) is 2.49. The van der Waals surface area contributed by atoms with E-state index in [-0.39, 0.29) is 6.61 Å². The van der Waals surface area contributed by atoms with E-state index in [1.165, 1.54) is 6.20 Å². The molecule has 0 atom stereocenters. The molecule has 0 radical (unpaired) electrons. The fourth-order valence-corrected chi connectivity index (χ4v) is 1.52. The second-order valence-electron chi connectivity index (χ2n) is 3.97. The normalized spacial score (nSPS) is 11.1. The van der Waals surface area contributed by atoms with Gasteiger partial charge in [0.05, 0.1) is 23.8 Å². The van der Waals surface area contributed by atoms with Gasteiger partial charge in [-0.1, -0.05) is 24.3 Å². The molecule has 2 aromatic rings. The number of hydrogen-bond acceptors (Lipinski definition) is 3. The molecule has 1 amide bonds. The van der Waals surface area contributed by atoms with Crippen molar-refractivity contribution in [1.82, 2.24) is 9.78 Å². The molecule has 20 heavy (non-hydrogen) atoms. The molecule has 0 aliphatic carbocycles. The predicted octanol–water partition coefficient (Wildman–Crippen LogP) is 2.49. The minimum Gasteiger partial charge on any atom is -0.448 e. The molecule has 1 aromatic carbocycles. The van der Waals surface area contributed by atoms with Crippen LogP contribution >= 0.6 is 0 Å². The van der Waals surface area contributed by atoms with Gasteiger partial charge in [-0.25, -0.2) is 9.48 Å². The summed E-state index contributed by atoms with van der Waals surface area (Å²) in [7, 11) is 0. The van der Waals surface area contributed by atoms with Crippen molar-refractivity contribution in [2.75, 3.05) is 6.61 Å². The van der Waals surface area contributed by atoms with Gasteiger partial charge >= 0.3 is 6.09 Å². The molecule has 0 aliphatic rings. The summed E-state index contributed by atoms with van der Waals surface area (Å²) in [6.07, 6.45) is 4.93. The standard InChI is InChI=1S/C15H15N3O2/c1-2-3-11-20-15(19)17-13-9-10-18(16-12-13)14-7-5-4-6-8-14/h2,4-10,12H,1,3,11H2/b17-13+. The number of nitrogens with zero attached hydrogens (tertiary/aromatic N) is 3. The molecule has 5 heteroatoms. The van der Waals surface area contributed by atoms with Crippen molar-refractivity contribution in [1.29, 1.82) is 0 Å². The van der Waals surface area contributed by atoms with Gasteiger partial charge in [0.1, 0.15) is 0 Å². The molecule has 0 aliphatic heterocycles. The van der Waals surface area contributed by atoms with Gasteiger partial charge < -0.3 is 4.74 Å². The summed E-state index contributed by atoms with van der Waals surface area (Å²) in [6, 6.07) is 11.4. The number of ether oxygens (including phenoxy) is 1. The Kier molecular flexibility index (Phi) is 4.83. The van der Waals surface area contributed by atoms with Gasteiger partial charge in [0.25, 0.3) is 0 Å². The highest BCUT2D eigenvalue weighted by atomic mass is 16.5. The quantitative estimate of drug-likeness (QED) is 0.633. The van der Waals surface area contributed by atoms with E-state index in [0.717, 1.165) is 5.69 Å². The van der Waals surface area contributed by atoms with Crippen LogP contribution in [0.4, 0.5) is 4.79 Å². The van der Waals surface area contributed by atoms with E-state index in [9.17, 15) is 4.79 Å². The highest BCUT2D eigenvalue weighted by Gasteiger charge is 1.98. The molecule has 5 nitrogen and oxygen atoms in total. The molecule has 1 heterocycles. The maximum Gasteiger partial charge on any atom is 0.434 e. The first-order valence-electron chi connectivity index (χ1n) is 6.22. The summed E-state index contributed by atoms with van der Waals surface area (Å²) in [6.45, 7) is 3.83. The number of carbonyl (C=O) groups excluding carboxylic acids is 1. The molecule has 2 rings (SSSR count). The second kappa shape index (κ2) is 7.04. The number of rotatable bonds is 4. The van der Waals surface area contributed by atoms with E-state index in [1.807, 2.05) is 30.3 Å². The maximum absolute atomic E-state index is 11.4. The average Bonchev–Trinajstić information content (AvgIpc) is 2.49. The van der Waals surface area contributed by atoms with Crippen LogP contribution in [0.2, 0.25) is 0 Å². The van der Waals surface area contributed by atoms with Crippen LogP contribution in [-0.4, -0.2) is 22.5 Å². The Labute approximate surface area is 116 Å². The van der Waals surface area contributed by atoms with Crippen LogP contribution in [-0.2, 0) is 4.74 Å². The average molecular weight is 269 g/mol. The van der Waals surface area contributed by atoms with Gasteiger partial charge in [0.2, 0.25) is 0 Å². The number of amides is 1. The Bertz CT molecular complexity index is 627. The van der Waals surface area contributed by atoms with Crippen LogP contribution in [0.15, 0.2) is 66.4 Å². The van der Waals surface area contributed by atoms with Crippen molar-refractivity contribution >= 4 is 6.09 Å². The first kappa shape index (κ1) is 13.7. The fraction of sp³-hybridized carbons (Fsp3) is 0.133. The Balaban J connectivity index is 2.08. The lowest BCUT2D eigenvalue weighted by molar-refractivity contribution is 0.158. The van der Waals surface area contributed by atoms with Crippen molar-refractivity contribution in [2.24, 2.45) is 4.99 Å². The van der Waals surface area contributed by atoms with Gasteiger partial charge in [-0.05, 0) is 24.6 Å². The first-order chi connectivity index (χ1) is 9.79. The van der Waals surface area contributed by atoms with Crippen LogP contribution in [0.1, 0.15) is 6.42 Å². The van der Waals surface area contributed by atoms with Gasteiger partial charge in [-0.15, -0.1) is 6.58 Å². The number of para-hydroxylation sites is 1. The van der Waals surface area contributed by atoms with Gasteiger partial charge in [-0.3, -0.25) is 0 Å². The van der Waals surface area contributed by atoms with Crippen molar-refractivity contribution in [3.05, 3.63) is 66.8 Å². The van der Waals surface area contributed by atoms with Crippen LogP contribution < -0.4 is 5.36 Å². The zero-order chi connectivity index (χ0) is 14.2. The van der Waals surface area contributed by atoms with E-state index in [4.69, 9.17) is 4.74 Å². The molecule has 102 valence electrons. The molecule has 0 saturated heterocycles. The Morgan fingerprint density at radius 3 is 2.80 bits per heavy atom. The predicted molar refractivity (Wildman–Crippen MR) is 75.3 cm³/mol. The van der Waals surface area contributed by atoms with Crippen molar-refractivity contribution in [2.45, 2.75) is 6.42 Å². The summed E-state index contributed by atoms with van der Waals surface area (Å²) in [5.74, 6) is 0. The largest absolute Gasteiger partial charge is 0.448 e. The molecule has 0 bridgehead atoms. The van der Waals surface area contributed by atoms with Crippen LogP contribution in [0, 0.1) is 0 Å². The van der Waals surface area contributed by atoms with Crippen LogP contribution in [0.3, 0.4) is 0 Å². The van der Waals surface area contributed by atoms with Gasteiger partial charge in [0, 0.05) is 6.20 Å². The number of benzene rings is 1. The monoisotopic (exact) mass is 269 g/mol. The molecule has 1 aromatic heterocycles. The fourth-order valence-electron chi connectivity index (χ4n) is 1.52. The summed E-state index contributed by atoms with van der Waals surface area (Å²) >= 11 is 0. The zero-order valence-electron chi connectivity index (χ0n) is 11.0. The maximum atomic E-state index is 11.4. The van der Waals surface area contributed by atoms with Crippen LogP contribution in [0.25, 0.3) is 5.69 Å². The summed E-state index contributed by atoms with van der Waals surface area (Å²) < 4.78 is 6.59. The molecule has 0 unspecified atom stereocenters. The van der Waals surface area contributed by atoms with Crippen molar-refractivity contribution in [3.63, 3.8) is 0 Å². The molecule has 0 fully saturated rings. The zero-order valence-corrected chi connectivity index (χ0v) is 11.0. The van der Waals surface area contributed by atoms with Crippen LogP contribution in [0.5, 0.6) is 0 Å². The SMILES string of the molecule is C=CCCOC(=O)/N=c1\ccn(-c2ccccc2)nc1. The van der Waals surface area contributed by atoms with Crippen molar-refractivity contribution in [3.8, 4) is 5.69 Å². The number of aromatic nitrogens is 2. The lowest BCUT2D eigenvalue weighted by Crippen LogP contribution is -2.12. The second-order valence-corrected chi connectivity index (χ2v) is 3.97. The third kappa shape index (κ3) is 3.91. The summed E-state index contributed by atoms with van der Waals surface area (Å²) in [5.41, 5.74) is 0.938. The molecule has 0 spiro atoms. The number of carbonyl (C=O) groups is 1. The highest BCUT2D eigenvalue weighted by Crippen LogP contribution is 2.02. The van der Waals surface area contributed by atoms with E-state index in [1.54, 1.807) is 23.0 Å². The Morgan fingerprint density at radius 1 is 1.35 bits per heavy atom. The summed E-state index contributed by atoms with van der Waals surface area (Å²) in [4.78, 5) is 15.2. The molecule has 0 N–H and O–H groups in total. The minimum absolute atomic E-state index is 0.288.